The molecule has 0 bridgehead atoms. The zero-order valence-electron chi connectivity index (χ0n) is 11.2. The van der Waals surface area contributed by atoms with Gasteiger partial charge in [0.05, 0.1) is 0 Å². The average Bonchev–Trinajstić information content (AvgIpc) is 2.83. The van der Waals surface area contributed by atoms with Crippen LogP contribution in [0.4, 0.5) is 5.69 Å². The Bertz CT molecular complexity index is 587. The molecular weight excluding hydrogens is 238 g/mol. The molecule has 0 amide bonds. The predicted octanol–water partition coefficient (Wildman–Crippen LogP) is 3.64. The van der Waals surface area contributed by atoms with Gasteiger partial charge >= 0.3 is 0 Å². The van der Waals surface area contributed by atoms with E-state index >= 15 is 0 Å². The number of aryl methyl sites for hydroxylation is 2. The van der Waals surface area contributed by atoms with Crippen LogP contribution in [0.2, 0.25) is 0 Å². The Morgan fingerprint density at radius 3 is 2.63 bits per heavy atom. The Kier molecular flexibility index (Phi) is 3.03. The van der Waals surface area contributed by atoms with Crippen molar-refractivity contribution in [2.45, 2.75) is 20.4 Å². The minimum absolute atomic E-state index is 0.315. The first kappa shape index (κ1) is 11.9. The summed E-state index contributed by atoms with van der Waals surface area (Å²) in [6.45, 7) is 5.26. The summed E-state index contributed by atoms with van der Waals surface area (Å²) < 4.78 is 10.9. The number of nitrogens with one attached hydrogen (secondary N) is 1. The molecule has 3 heteroatoms. The lowest BCUT2D eigenvalue weighted by molar-refractivity contribution is 0.173. The SMILES string of the molecule is Cc1cc(C)cc(NCc2cccc3c2OCO3)c1. The van der Waals surface area contributed by atoms with Gasteiger partial charge in [-0.3, -0.25) is 0 Å². The second-order valence-electron chi connectivity index (χ2n) is 4.88. The van der Waals surface area contributed by atoms with E-state index in [-0.39, 0.29) is 0 Å². The number of anilines is 1. The summed E-state index contributed by atoms with van der Waals surface area (Å²) in [5.41, 5.74) is 4.78. The van der Waals surface area contributed by atoms with Gasteiger partial charge in [-0.25, -0.2) is 0 Å². The van der Waals surface area contributed by atoms with Crippen LogP contribution in [-0.4, -0.2) is 6.79 Å². The van der Waals surface area contributed by atoms with E-state index in [9.17, 15) is 0 Å². The second kappa shape index (κ2) is 4.84. The third-order valence-electron chi connectivity index (χ3n) is 3.18. The van der Waals surface area contributed by atoms with Gasteiger partial charge < -0.3 is 14.8 Å². The van der Waals surface area contributed by atoms with Crippen molar-refractivity contribution in [1.29, 1.82) is 0 Å². The number of ether oxygens (including phenoxy) is 2. The summed E-state index contributed by atoms with van der Waals surface area (Å²) in [5, 5.41) is 3.44. The van der Waals surface area contributed by atoms with E-state index in [2.05, 4.69) is 43.4 Å². The summed E-state index contributed by atoms with van der Waals surface area (Å²) in [7, 11) is 0. The Labute approximate surface area is 113 Å². The van der Waals surface area contributed by atoms with Crippen LogP contribution in [0.3, 0.4) is 0 Å². The number of benzene rings is 2. The van der Waals surface area contributed by atoms with Gasteiger partial charge in [0, 0.05) is 17.8 Å². The van der Waals surface area contributed by atoms with Crippen LogP contribution in [0, 0.1) is 13.8 Å². The molecule has 3 nitrogen and oxygen atoms in total. The van der Waals surface area contributed by atoms with E-state index in [1.54, 1.807) is 0 Å². The molecule has 0 fully saturated rings. The van der Waals surface area contributed by atoms with Crippen LogP contribution >= 0.6 is 0 Å². The molecule has 98 valence electrons. The first-order valence-electron chi connectivity index (χ1n) is 6.42. The summed E-state index contributed by atoms with van der Waals surface area (Å²) >= 11 is 0. The molecule has 0 aliphatic carbocycles. The van der Waals surface area contributed by atoms with Crippen molar-refractivity contribution in [3.05, 3.63) is 53.1 Å². The number of rotatable bonds is 3. The number of hydrogen-bond donors (Lipinski definition) is 1. The molecular formula is C16H17NO2. The first-order valence-corrected chi connectivity index (χ1v) is 6.42. The predicted molar refractivity (Wildman–Crippen MR) is 75.8 cm³/mol. The van der Waals surface area contributed by atoms with Gasteiger partial charge in [-0.05, 0) is 43.2 Å². The Hall–Kier alpha value is -2.16. The van der Waals surface area contributed by atoms with Gasteiger partial charge in [0.25, 0.3) is 0 Å². The molecule has 0 spiro atoms. The fraction of sp³-hybridized carbons (Fsp3) is 0.250. The molecule has 3 rings (SSSR count). The van der Waals surface area contributed by atoms with E-state index in [4.69, 9.17) is 9.47 Å². The summed E-state index contributed by atoms with van der Waals surface area (Å²) in [6, 6.07) is 12.4. The summed E-state index contributed by atoms with van der Waals surface area (Å²) in [5.74, 6) is 1.69. The van der Waals surface area contributed by atoms with Crippen molar-refractivity contribution in [3.8, 4) is 11.5 Å². The third kappa shape index (κ3) is 2.50. The fourth-order valence-corrected chi connectivity index (χ4v) is 2.40. The fourth-order valence-electron chi connectivity index (χ4n) is 2.40. The largest absolute Gasteiger partial charge is 0.454 e. The second-order valence-corrected chi connectivity index (χ2v) is 4.88. The molecule has 0 unspecified atom stereocenters. The van der Waals surface area contributed by atoms with Gasteiger partial charge in [-0.2, -0.15) is 0 Å². The van der Waals surface area contributed by atoms with Crippen LogP contribution in [0.15, 0.2) is 36.4 Å². The first-order chi connectivity index (χ1) is 9.22. The van der Waals surface area contributed by atoms with Gasteiger partial charge in [-0.15, -0.1) is 0 Å². The molecule has 1 heterocycles. The lowest BCUT2D eigenvalue weighted by Gasteiger charge is -2.10. The topological polar surface area (TPSA) is 30.5 Å². The van der Waals surface area contributed by atoms with Crippen LogP contribution in [0.5, 0.6) is 11.5 Å². The number of hydrogen-bond acceptors (Lipinski definition) is 3. The van der Waals surface area contributed by atoms with E-state index in [1.165, 1.54) is 11.1 Å². The maximum Gasteiger partial charge on any atom is 0.231 e. The van der Waals surface area contributed by atoms with Gasteiger partial charge in [-0.1, -0.05) is 18.2 Å². The van der Waals surface area contributed by atoms with Crippen LogP contribution in [-0.2, 0) is 6.54 Å². The summed E-state index contributed by atoms with van der Waals surface area (Å²) in [6.07, 6.45) is 0. The highest BCUT2D eigenvalue weighted by molar-refractivity contribution is 5.52. The van der Waals surface area contributed by atoms with Crippen LogP contribution < -0.4 is 14.8 Å². The highest BCUT2D eigenvalue weighted by Crippen LogP contribution is 2.35. The molecule has 0 atom stereocenters. The van der Waals surface area contributed by atoms with Gasteiger partial charge in [0.15, 0.2) is 11.5 Å². The van der Waals surface area contributed by atoms with Crippen molar-refractivity contribution in [2.24, 2.45) is 0 Å². The van der Waals surface area contributed by atoms with Crippen molar-refractivity contribution in [1.82, 2.24) is 0 Å². The van der Waals surface area contributed by atoms with Crippen LogP contribution in [0.1, 0.15) is 16.7 Å². The van der Waals surface area contributed by atoms with E-state index in [1.807, 2.05) is 12.1 Å². The smallest absolute Gasteiger partial charge is 0.231 e. The minimum atomic E-state index is 0.315. The molecule has 0 radical (unpaired) electrons. The Morgan fingerprint density at radius 1 is 1.05 bits per heavy atom. The molecule has 19 heavy (non-hydrogen) atoms. The third-order valence-corrected chi connectivity index (χ3v) is 3.18. The average molecular weight is 255 g/mol. The van der Waals surface area contributed by atoms with Crippen molar-refractivity contribution in [3.63, 3.8) is 0 Å². The Morgan fingerprint density at radius 2 is 1.84 bits per heavy atom. The van der Waals surface area contributed by atoms with Crippen molar-refractivity contribution >= 4 is 5.69 Å². The maximum atomic E-state index is 5.50. The molecule has 0 saturated heterocycles. The van der Waals surface area contributed by atoms with Crippen LogP contribution in [0.25, 0.3) is 0 Å². The zero-order valence-corrected chi connectivity index (χ0v) is 11.2. The molecule has 1 N–H and O–H groups in total. The van der Waals surface area contributed by atoms with E-state index in [0.29, 0.717) is 6.79 Å². The quantitative estimate of drug-likeness (QED) is 0.908. The number of fused-ring (bicyclic) bond motifs is 1. The Balaban J connectivity index is 1.78. The zero-order chi connectivity index (χ0) is 13.2. The molecule has 1 aliphatic rings. The molecule has 1 aliphatic heterocycles. The van der Waals surface area contributed by atoms with E-state index < -0.39 is 0 Å². The van der Waals surface area contributed by atoms with E-state index in [0.717, 1.165) is 29.3 Å². The molecule has 2 aromatic carbocycles. The van der Waals surface area contributed by atoms with Gasteiger partial charge in [0.1, 0.15) is 0 Å². The minimum Gasteiger partial charge on any atom is -0.454 e. The normalized spacial score (nSPS) is 12.5. The lowest BCUT2D eigenvalue weighted by atomic mass is 10.1. The molecule has 0 aromatic heterocycles. The van der Waals surface area contributed by atoms with Crippen molar-refractivity contribution < 1.29 is 9.47 Å². The number of para-hydroxylation sites is 1. The highest BCUT2D eigenvalue weighted by Gasteiger charge is 2.16. The maximum absolute atomic E-state index is 5.50. The van der Waals surface area contributed by atoms with Crippen molar-refractivity contribution in [2.75, 3.05) is 12.1 Å². The molecule has 2 aromatic rings. The summed E-state index contributed by atoms with van der Waals surface area (Å²) in [4.78, 5) is 0. The lowest BCUT2D eigenvalue weighted by Crippen LogP contribution is -2.01. The standard InChI is InChI=1S/C16H17NO2/c1-11-6-12(2)8-14(7-11)17-9-13-4-3-5-15-16(13)19-10-18-15/h3-8,17H,9-10H2,1-2H3. The van der Waals surface area contributed by atoms with Gasteiger partial charge in [0.2, 0.25) is 6.79 Å². The monoisotopic (exact) mass is 255 g/mol. The molecule has 0 saturated carbocycles. The highest BCUT2D eigenvalue weighted by atomic mass is 16.7.